The third kappa shape index (κ3) is 2.39. The van der Waals surface area contributed by atoms with Gasteiger partial charge in [0.2, 0.25) is 0 Å². The molecule has 0 bridgehead atoms. The predicted molar refractivity (Wildman–Crippen MR) is 86.6 cm³/mol. The van der Waals surface area contributed by atoms with Gasteiger partial charge in [-0.15, -0.1) is 11.3 Å². The molecular weight excluding hydrogens is 266 g/mol. The monoisotopic (exact) mass is 289 g/mol. The van der Waals surface area contributed by atoms with Gasteiger partial charge in [-0.1, -0.05) is 18.2 Å². The van der Waals surface area contributed by atoms with Gasteiger partial charge in [0.15, 0.2) is 0 Å². The summed E-state index contributed by atoms with van der Waals surface area (Å²) >= 11 is 1.91. The first-order chi connectivity index (χ1) is 9.65. The van der Waals surface area contributed by atoms with Crippen LogP contribution in [0.3, 0.4) is 0 Å². The van der Waals surface area contributed by atoms with E-state index < -0.39 is 0 Å². The molecule has 20 heavy (non-hydrogen) atoms. The summed E-state index contributed by atoms with van der Waals surface area (Å²) in [6, 6.07) is 9.07. The van der Waals surface area contributed by atoms with E-state index in [0.29, 0.717) is 6.04 Å². The molecule has 0 saturated heterocycles. The van der Waals surface area contributed by atoms with E-state index in [1.807, 2.05) is 18.4 Å². The van der Waals surface area contributed by atoms with Crippen molar-refractivity contribution in [2.24, 2.45) is 0 Å². The second-order valence-electron chi connectivity index (χ2n) is 5.93. The van der Waals surface area contributed by atoms with Crippen molar-refractivity contribution in [2.45, 2.75) is 44.8 Å². The first kappa shape index (κ1) is 14.1. The molecule has 1 heterocycles. The van der Waals surface area contributed by atoms with E-state index in [-0.39, 0.29) is 5.60 Å². The Bertz CT molecular complexity index is 595. The van der Waals surface area contributed by atoms with Gasteiger partial charge in [0.05, 0.1) is 5.60 Å². The predicted octanol–water partition coefficient (Wildman–Crippen LogP) is 4.43. The number of fused-ring (bicyclic) bond motifs is 1. The highest BCUT2D eigenvalue weighted by Gasteiger charge is 2.37. The molecule has 1 saturated carbocycles. The number of nitrogens with one attached hydrogen (secondary N) is 1. The molecule has 1 aromatic heterocycles. The Kier molecular flexibility index (Phi) is 3.85. The molecule has 1 aliphatic rings. The summed E-state index contributed by atoms with van der Waals surface area (Å²) in [5.74, 6) is 0. The molecule has 2 aromatic rings. The number of hydrogen-bond acceptors (Lipinski definition) is 3. The lowest BCUT2D eigenvalue weighted by Crippen LogP contribution is -2.48. The van der Waals surface area contributed by atoms with E-state index in [4.69, 9.17) is 4.74 Å². The molecule has 1 N–H and O–H groups in total. The minimum atomic E-state index is 0.0961. The van der Waals surface area contributed by atoms with Crippen LogP contribution in [0.1, 0.15) is 42.7 Å². The van der Waals surface area contributed by atoms with Crippen molar-refractivity contribution < 1.29 is 4.74 Å². The summed E-state index contributed by atoms with van der Waals surface area (Å²) in [5, 5.41) is 5.07. The average Bonchev–Trinajstić information content (AvgIpc) is 2.76. The number of hydrogen-bond donors (Lipinski definition) is 1. The van der Waals surface area contributed by atoms with Crippen LogP contribution in [0.2, 0.25) is 0 Å². The maximum Gasteiger partial charge on any atom is 0.0802 e. The van der Waals surface area contributed by atoms with Gasteiger partial charge in [-0.3, -0.25) is 0 Å². The van der Waals surface area contributed by atoms with Crippen LogP contribution < -0.4 is 5.32 Å². The summed E-state index contributed by atoms with van der Waals surface area (Å²) in [7, 11) is 1.84. The number of methoxy groups -OCH3 is 1. The fourth-order valence-corrected chi connectivity index (χ4v) is 4.30. The van der Waals surface area contributed by atoms with E-state index in [2.05, 4.69) is 43.4 Å². The van der Waals surface area contributed by atoms with Crippen molar-refractivity contribution in [2.75, 3.05) is 13.7 Å². The second kappa shape index (κ2) is 5.47. The number of rotatable bonds is 5. The standard InChI is InChI=1S/C17H23NOS/c1-12-14-7-4-5-8-15(14)20-16(12)13(2)18-11-17(19-3)9-6-10-17/h4-5,7-8,13,18H,6,9-11H2,1-3H3. The highest BCUT2D eigenvalue weighted by molar-refractivity contribution is 7.19. The summed E-state index contributed by atoms with van der Waals surface area (Å²) < 4.78 is 7.08. The summed E-state index contributed by atoms with van der Waals surface area (Å²) in [5.41, 5.74) is 1.52. The molecule has 0 aliphatic heterocycles. The molecular formula is C17H23NOS. The minimum Gasteiger partial charge on any atom is -0.377 e. The van der Waals surface area contributed by atoms with E-state index in [0.717, 1.165) is 6.54 Å². The van der Waals surface area contributed by atoms with Crippen LogP contribution in [0.15, 0.2) is 24.3 Å². The molecule has 3 heteroatoms. The second-order valence-corrected chi connectivity index (χ2v) is 7.01. The third-order valence-corrected chi connectivity index (χ3v) is 6.16. The third-order valence-electron chi connectivity index (χ3n) is 4.70. The van der Waals surface area contributed by atoms with E-state index in [1.54, 1.807) is 0 Å². The van der Waals surface area contributed by atoms with E-state index >= 15 is 0 Å². The lowest BCUT2D eigenvalue weighted by atomic mass is 9.80. The molecule has 1 atom stereocenters. The smallest absolute Gasteiger partial charge is 0.0802 e. The molecule has 0 amide bonds. The number of thiophene rings is 1. The van der Waals surface area contributed by atoms with Crippen molar-refractivity contribution in [3.63, 3.8) is 0 Å². The molecule has 1 unspecified atom stereocenters. The number of ether oxygens (including phenoxy) is 1. The highest BCUT2D eigenvalue weighted by Crippen LogP contribution is 2.37. The van der Waals surface area contributed by atoms with Gasteiger partial charge in [-0.25, -0.2) is 0 Å². The largest absolute Gasteiger partial charge is 0.377 e. The van der Waals surface area contributed by atoms with Crippen molar-refractivity contribution in [3.8, 4) is 0 Å². The lowest BCUT2D eigenvalue weighted by molar-refractivity contribution is -0.0706. The Balaban J connectivity index is 1.75. The van der Waals surface area contributed by atoms with Crippen LogP contribution in [0.25, 0.3) is 10.1 Å². The summed E-state index contributed by atoms with van der Waals surface area (Å²) in [4.78, 5) is 1.46. The van der Waals surface area contributed by atoms with Gasteiger partial charge in [0.25, 0.3) is 0 Å². The van der Waals surface area contributed by atoms with Crippen LogP contribution >= 0.6 is 11.3 Å². The zero-order valence-corrected chi connectivity index (χ0v) is 13.3. The maximum absolute atomic E-state index is 5.69. The van der Waals surface area contributed by atoms with Crippen LogP contribution in [-0.2, 0) is 4.74 Å². The van der Waals surface area contributed by atoms with E-state index in [9.17, 15) is 0 Å². The quantitative estimate of drug-likeness (QED) is 0.879. The Morgan fingerprint density at radius 1 is 1.35 bits per heavy atom. The zero-order chi connectivity index (χ0) is 14.2. The first-order valence-corrected chi connectivity index (χ1v) is 8.23. The van der Waals surface area contributed by atoms with Crippen LogP contribution in [-0.4, -0.2) is 19.3 Å². The van der Waals surface area contributed by atoms with Crippen molar-refractivity contribution >= 4 is 21.4 Å². The first-order valence-electron chi connectivity index (χ1n) is 7.42. The number of benzene rings is 1. The Morgan fingerprint density at radius 3 is 2.70 bits per heavy atom. The molecule has 108 valence electrons. The Labute approximate surface area is 125 Å². The fourth-order valence-electron chi connectivity index (χ4n) is 3.06. The topological polar surface area (TPSA) is 21.3 Å². The van der Waals surface area contributed by atoms with Crippen LogP contribution in [0.4, 0.5) is 0 Å². The van der Waals surface area contributed by atoms with Gasteiger partial charge in [0.1, 0.15) is 0 Å². The molecule has 0 radical (unpaired) electrons. The molecule has 0 spiro atoms. The van der Waals surface area contributed by atoms with Gasteiger partial charge in [-0.2, -0.15) is 0 Å². The van der Waals surface area contributed by atoms with Crippen LogP contribution in [0, 0.1) is 6.92 Å². The molecule has 1 fully saturated rings. The van der Waals surface area contributed by atoms with Crippen molar-refractivity contribution in [3.05, 3.63) is 34.7 Å². The van der Waals surface area contributed by atoms with Gasteiger partial charge in [0, 0.05) is 29.3 Å². The lowest BCUT2D eigenvalue weighted by Gasteiger charge is -2.41. The highest BCUT2D eigenvalue weighted by atomic mass is 32.1. The van der Waals surface area contributed by atoms with Crippen molar-refractivity contribution in [1.82, 2.24) is 5.32 Å². The number of aryl methyl sites for hydroxylation is 1. The minimum absolute atomic E-state index is 0.0961. The zero-order valence-electron chi connectivity index (χ0n) is 12.5. The Morgan fingerprint density at radius 2 is 2.10 bits per heavy atom. The molecule has 1 aromatic carbocycles. The molecule has 2 nitrogen and oxygen atoms in total. The Hall–Kier alpha value is -0.900. The summed E-state index contributed by atoms with van der Waals surface area (Å²) in [6.07, 6.45) is 3.68. The van der Waals surface area contributed by atoms with Gasteiger partial charge >= 0.3 is 0 Å². The SMILES string of the molecule is COC1(CNC(C)c2sc3ccccc3c2C)CCC1. The van der Waals surface area contributed by atoms with Crippen LogP contribution in [0.5, 0.6) is 0 Å². The normalized spacial score (nSPS) is 18.9. The maximum atomic E-state index is 5.69. The van der Waals surface area contributed by atoms with Gasteiger partial charge in [-0.05, 0) is 50.1 Å². The fraction of sp³-hybridized carbons (Fsp3) is 0.529. The summed E-state index contributed by atoms with van der Waals surface area (Å²) in [6.45, 7) is 5.46. The molecule has 1 aliphatic carbocycles. The molecule has 3 rings (SSSR count). The van der Waals surface area contributed by atoms with Gasteiger partial charge < -0.3 is 10.1 Å². The average molecular weight is 289 g/mol. The van der Waals surface area contributed by atoms with Crippen molar-refractivity contribution in [1.29, 1.82) is 0 Å². The van der Waals surface area contributed by atoms with E-state index in [1.165, 1.54) is 39.8 Å².